The van der Waals surface area contributed by atoms with Crippen LogP contribution in [0.5, 0.6) is 0 Å². The van der Waals surface area contributed by atoms with Crippen LogP contribution in [-0.4, -0.2) is 80.7 Å². The molecule has 2 amide bonds. The predicted octanol–water partition coefficient (Wildman–Crippen LogP) is 0.184. The number of likely N-dealkylation sites (N-methyl/N-ethyl adjacent to an activating group) is 1. The van der Waals surface area contributed by atoms with E-state index in [1.165, 1.54) is 11.0 Å². The van der Waals surface area contributed by atoms with E-state index in [2.05, 4.69) is 22.4 Å². The number of carbonyl (C=O) groups is 2. The van der Waals surface area contributed by atoms with Gasteiger partial charge in [0.05, 0.1) is 0 Å². The third-order valence-corrected chi connectivity index (χ3v) is 4.68. The maximum atomic E-state index is 12.9. The Morgan fingerprint density at radius 3 is 2.72 bits per heavy atom. The average Bonchev–Trinajstić information content (AvgIpc) is 3.25. The zero-order valence-electron chi connectivity index (χ0n) is 15.5. The van der Waals surface area contributed by atoms with E-state index in [1.54, 1.807) is 16.8 Å². The summed E-state index contributed by atoms with van der Waals surface area (Å²) in [5, 5.41) is 10.7. The summed E-state index contributed by atoms with van der Waals surface area (Å²) in [6.07, 6.45) is 2.92. The van der Waals surface area contributed by atoms with E-state index < -0.39 is 0 Å². The molecule has 1 saturated heterocycles. The molecule has 0 bridgehead atoms. The number of aromatic nitrogens is 4. The molecule has 0 radical (unpaired) electrons. The number of amides is 2. The Labute approximate surface area is 148 Å². The molecule has 1 fully saturated rings. The summed E-state index contributed by atoms with van der Waals surface area (Å²) in [6, 6.07) is 0.0530. The van der Waals surface area contributed by atoms with Crippen LogP contribution in [-0.2, 0) is 20.9 Å². The summed E-state index contributed by atoms with van der Waals surface area (Å²) >= 11 is 0. The summed E-state index contributed by atoms with van der Waals surface area (Å²) in [6.45, 7) is 7.71. The molecule has 9 heteroatoms. The van der Waals surface area contributed by atoms with Crippen LogP contribution in [0.15, 0.2) is 6.33 Å². The highest BCUT2D eigenvalue weighted by molar-refractivity contribution is 5.82. The lowest BCUT2D eigenvalue weighted by Crippen LogP contribution is -2.48. The van der Waals surface area contributed by atoms with Gasteiger partial charge in [0.15, 0.2) is 0 Å². The van der Waals surface area contributed by atoms with Crippen LogP contribution in [0.2, 0.25) is 0 Å². The van der Waals surface area contributed by atoms with E-state index in [9.17, 15) is 9.59 Å². The lowest BCUT2D eigenvalue weighted by molar-refractivity contribution is -0.145. The van der Waals surface area contributed by atoms with Crippen molar-refractivity contribution in [3.63, 3.8) is 0 Å². The molecule has 1 aliphatic heterocycles. The molecule has 2 heterocycles. The molecule has 0 spiro atoms. The fourth-order valence-corrected chi connectivity index (χ4v) is 3.01. The van der Waals surface area contributed by atoms with Crippen LogP contribution in [0, 0.1) is 5.92 Å². The van der Waals surface area contributed by atoms with Crippen molar-refractivity contribution >= 4 is 11.8 Å². The Bertz CT molecular complexity index is 562. The van der Waals surface area contributed by atoms with Gasteiger partial charge in [-0.3, -0.25) is 9.59 Å². The minimum Gasteiger partial charge on any atom is -0.368 e. The minimum atomic E-state index is -0.352. The summed E-state index contributed by atoms with van der Waals surface area (Å²) in [7, 11) is 1.72. The van der Waals surface area contributed by atoms with Crippen molar-refractivity contribution in [1.29, 1.82) is 0 Å². The number of hydrogen-bond donors (Lipinski definition) is 0. The molecule has 0 saturated carbocycles. The van der Waals surface area contributed by atoms with Crippen molar-refractivity contribution in [3.05, 3.63) is 6.33 Å². The first-order valence-corrected chi connectivity index (χ1v) is 8.80. The van der Waals surface area contributed by atoms with Crippen molar-refractivity contribution in [2.45, 2.75) is 52.3 Å². The molecule has 0 aliphatic carbocycles. The van der Waals surface area contributed by atoms with Gasteiger partial charge in [0.2, 0.25) is 5.91 Å². The molecule has 2 atom stereocenters. The van der Waals surface area contributed by atoms with Gasteiger partial charge in [0, 0.05) is 32.8 Å². The average molecular weight is 352 g/mol. The van der Waals surface area contributed by atoms with Gasteiger partial charge in [-0.05, 0) is 36.6 Å². The molecule has 140 valence electrons. The maximum absolute atomic E-state index is 12.9. The second kappa shape index (κ2) is 8.89. The first-order chi connectivity index (χ1) is 11.9. The first-order valence-electron chi connectivity index (χ1n) is 8.80. The summed E-state index contributed by atoms with van der Waals surface area (Å²) in [5.74, 6) is 0.209. The van der Waals surface area contributed by atoms with Gasteiger partial charge >= 0.3 is 0 Å². The molecular weight excluding hydrogens is 324 g/mol. The van der Waals surface area contributed by atoms with Gasteiger partial charge in [-0.25, -0.2) is 4.68 Å². The largest absolute Gasteiger partial charge is 0.368 e. The number of hydrogen-bond acceptors (Lipinski definition) is 6. The number of tetrazole rings is 1. The maximum Gasteiger partial charge on any atom is 0.252 e. The molecule has 1 aromatic rings. The van der Waals surface area contributed by atoms with Crippen LogP contribution in [0.4, 0.5) is 0 Å². The van der Waals surface area contributed by atoms with Gasteiger partial charge in [0.25, 0.3) is 5.91 Å². The summed E-state index contributed by atoms with van der Waals surface area (Å²) < 4.78 is 7.05. The molecule has 0 N–H and O–H groups in total. The molecule has 0 aromatic carbocycles. The highest BCUT2D eigenvalue weighted by atomic mass is 16.5. The van der Waals surface area contributed by atoms with Gasteiger partial charge < -0.3 is 14.5 Å². The number of rotatable bonds is 8. The molecule has 0 unspecified atom stereocenters. The van der Waals surface area contributed by atoms with Gasteiger partial charge in [-0.15, -0.1) is 5.10 Å². The van der Waals surface area contributed by atoms with Crippen LogP contribution in [0.25, 0.3) is 0 Å². The molecule has 25 heavy (non-hydrogen) atoms. The third-order valence-electron chi connectivity index (χ3n) is 4.68. The standard InChI is InChI=1S/C16H28N6O3/c1-5-13-6-9-25-15(13)16(24)22(12(2)3)8-7-20(4)14(23)10-21-11-17-18-19-21/h11-13,15H,5-10H2,1-4H3/t13-,15+/m1/s1. The predicted molar refractivity (Wildman–Crippen MR) is 90.4 cm³/mol. The van der Waals surface area contributed by atoms with Crippen molar-refractivity contribution in [2.75, 3.05) is 26.7 Å². The van der Waals surface area contributed by atoms with Crippen molar-refractivity contribution in [2.24, 2.45) is 5.92 Å². The Morgan fingerprint density at radius 1 is 1.36 bits per heavy atom. The van der Waals surface area contributed by atoms with Gasteiger partial charge in [0.1, 0.15) is 19.0 Å². The SMILES string of the molecule is CC[C@@H]1CCO[C@@H]1C(=O)N(CCN(C)C(=O)Cn1cnnn1)C(C)C. The summed E-state index contributed by atoms with van der Waals surface area (Å²) in [5.41, 5.74) is 0. The first kappa shape index (κ1) is 19.3. The number of nitrogens with zero attached hydrogens (tertiary/aromatic N) is 6. The zero-order valence-corrected chi connectivity index (χ0v) is 15.5. The van der Waals surface area contributed by atoms with Crippen LogP contribution < -0.4 is 0 Å². The minimum absolute atomic E-state index is 0.0284. The Balaban J connectivity index is 1.90. The monoisotopic (exact) mass is 352 g/mol. The number of ether oxygens (including phenoxy) is 1. The second-order valence-electron chi connectivity index (χ2n) is 6.70. The lowest BCUT2D eigenvalue weighted by atomic mass is 9.97. The van der Waals surface area contributed by atoms with Crippen LogP contribution >= 0.6 is 0 Å². The van der Waals surface area contributed by atoms with Crippen molar-refractivity contribution in [3.8, 4) is 0 Å². The third kappa shape index (κ3) is 4.97. The Hall–Kier alpha value is -2.03. The second-order valence-corrected chi connectivity index (χ2v) is 6.70. The fourth-order valence-electron chi connectivity index (χ4n) is 3.01. The normalized spacial score (nSPS) is 20.0. The van der Waals surface area contributed by atoms with Crippen molar-refractivity contribution < 1.29 is 14.3 Å². The smallest absolute Gasteiger partial charge is 0.252 e. The van der Waals surface area contributed by atoms with Crippen LogP contribution in [0.1, 0.15) is 33.6 Å². The van der Waals surface area contributed by atoms with E-state index in [0.717, 1.165) is 12.8 Å². The molecule has 9 nitrogen and oxygen atoms in total. The highest BCUT2D eigenvalue weighted by Crippen LogP contribution is 2.26. The Kier molecular flexibility index (Phi) is 6.86. The quantitative estimate of drug-likeness (QED) is 0.663. The summed E-state index contributed by atoms with van der Waals surface area (Å²) in [4.78, 5) is 28.5. The van der Waals surface area contributed by atoms with Gasteiger partial charge in [-0.2, -0.15) is 0 Å². The van der Waals surface area contributed by atoms with E-state index in [4.69, 9.17) is 4.74 Å². The highest BCUT2D eigenvalue weighted by Gasteiger charge is 2.36. The fraction of sp³-hybridized carbons (Fsp3) is 0.812. The van der Waals surface area contributed by atoms with E-state index in [-0.39, 0.29) is 36.4 Å². The zero-order chi connectivity index (χ0) is 18.4. The topological polar surface area (TPSA) is 93.5 Å². The molecule has 2 rings (SSSR count). The number of carbonyl (C=O) groups excluding carboxylic acids is 2. The Morgan fingerprint density at radius 2 is 2.12 bits per heavy atom. The van der Waals surface area contributed by atoms with Crippen LogP contribution in [0.3, 0.4) is 0 Å². The molecule has 1 aromatic heterocycles. The van der Waals surface area contributed by atoms with Gasteiger partial charge in [-0.1, -0.05) is 13.3 Å². The van der Waals surface area contributed by atoms with E-state index in [1.807, 2.05) is 13.8 Å². The molecular formula is C16H28N6O3. The van der Waals surface area contributed by atoms with E-state index in [0.29, 0.717) is 19.7 Å². The van der Waals surface area contributed by atoms with E-state index >= 15 is 0 Å². The lowest BCUT2D eigenvalue weighted by Gasteiger charge is -2.32. The van der Waals surface area contributed by atoms with Crippen molar-refractivity contribution in [1.82, 2.24) is 30.0 Å². The molecule has 1 aliphatic rings.